The summed E-state index contributed by atoms with van der Waals surface area (Å²) in [6.07, 6.45) is 2.79. The van der Waals surface area contributed by atoms with Crippen molar-refractivity contribution in [2.45, 2.75) is 20.0 Å². The minimum atomic E-state index is -0.650. The zero-order chi connectivity index (χ0) is 13.1. The molecular weight excluding hydrogens is 226 g/mol. The molecule has 1 atom stereocenters. The first kappa shape index (κ1) is 12.6. The second-order valence-electron chi connectivity index (χ2n) is 4.36. The maximum absolute atomic E-state index is 10.4. The molecule has 18 heavy (non-hydrogen) atoms. The van der Waals surface area contributed by atoms with E-state index in [2.05, 4.69) is 4.98 Å². The highest BCUT2D eigenvalue weighted by Crippen LogP contribution is 2.27. The number of aryl methyl sites for hydroxylation is 2. The Morgan fingerprint density at radius 2 is 1.94 bits per heavy atom. The SMILES string of the molecule is COc1ccc(C(O)c2cnccc2C)cc1C. The zero-order valence-electron chi connectivity index (χ0n) is 10.8. The van der Waals surface area contributed by atoms with Gasteiger partial charge >= 0.3 is 0 Å². The van der Waals surface area contributed by atoms with Gasteiger partial charge in [0.1, 0.15) is 11.9 Å². The molecule has 0 aliphatic rings. The van der Waals surface area contributed by atoms with Crippen LogP contribution in [0.1, 0.15) is 28.4 Å². The Kier molecular flexibility index (Phi) is 3.63. The molecule has 0 saturated carbocycles. The van der Waals surface area contributed by atoms with Crippen LogP contribution in [0.2, 0.25) is 0 Å². The number of aliphatic hydroxyl groups excluding tert-OH is 1. The van der Waals surface area contributed by atoms with Gasteiger partial charge in [0.25, 0.3) is 0 Å². The van der Waals surface area contributed by atoms with Crippen LogP contribution in [0.3, 0.4) is 0 Å². The quantitative estimate of drug-likeness (QED) is 0.901. The summed E-state index contributed by atoms with van der Waals surface area (Å²) in [5, 5.41) is 10.4. The lowest BCUT2D eigenvalue weighted by Crippen LogP contribution is -2.03. The molecule has 2 aromatic rings. The normalized spacial score (nSPS) is 12.2. The average molecular weight is 243 g/mol. The molecule has 0 bridgehead atoms. The van der Waals surface area contributed by atoms with Gasteiger partial charge in [-0.2, -0.15) is 0 Å². The van der Waals surface area contributed by atoms with Crippen molar-refractivity contribution in [1.82, 2.24) is 4.98 Å². The summed E-state index contributed by atoms with van der Waals surface area (Å²) in [5.74, 6) is 0.828. The third kappa shape index (κ3) is 2.36. The molecule has 0 amide bonds. The molecule has 3 heteroatoms. The Hall–Kier alpha value is -1.87. The minimum Gasteiger partial charge on any atom is -0.496 e. The van der Waals surface area contributed by atoms with Crippen LogP contribution in [0, 0.1) is 13.8 Å². The summed E-state index contributed by atoms with van der Waals surface area (Å²) >= 11 is 0. The van der Waals surface area contributed by atoms with Gasteiger partial charge in [-0.25, -0.2) is 0 Å². The van der Waals surface area contributed by atoms with E-state index in [1.807, 2.05) is 38.1 Å². The Labute approximate surface area is 107 Å². The molecule has 0 saturated heterocycles. The lowest BCUT2D eigenvalue weighted by Gasteiger charge is -2.15. The largest absolute Gasteiger partial charge is 0.496 e. The van der Waals surface area contributed by atoms with Gasteiger partial charge in [-0.3, -0.25) is 4.98 Å². The van der Waals surface area contributed by atoms with E-state index >= 15 is 0 Å². The van der Waals surface area contributed by atoms with Crippen molar-refractivity contribution in [3.05, 3.63) is 58.9 Å². The third-order valence-electron chi connectivity index (χ3n) is 3.11. The van der Waals surface area contributed by atoms with E-state index < -0.39 is 6.10 Å². The topological polar surface area (TPSA) is 42.4 Å². The van der Waals surface area contributed by atoms with Crippen molar-refractivity contribution in [3.8, 4) is 5.75 Å². The predicted molar refractivity (Wildman–Crippen MR) is 70.8 cm³/mol. The molecule has 0 radical (unpaired) electrons. The van der Waals surface area contributed by atoms with E-state index in [0.717, 1.165) is 28.0 Å². The number of hydrogen-bond acceptors (Lipinski definition) is 3. The van der Waals surface area contributed by atoms with Crippen LogP contribution in [0.4, 0.5) is 0 Å². The summed E-state index contributed by atoms with van der Waals surface area (Å²) in [5.41, 5.74) is 3.73. The predicted octanol–water partition coefficient (Wildman–Crippen LogP) is 2.79. The zero-order valence-corrected chi connectivity index (χ0v) is 10.8. The number of aliphatic hydroxyl groups is 1. The minimum absolute atomic E-state index is 0.650. The molecule has 0 fully saturated rings. The van der Waals surface area contributed by atoms with Crippen LogP contribution < -0.4 is 4.74 Å². The summed E-state index contributed by atoms with van der Waals surface area (Å²) < 4.78 is 5.22. The molecule has 94 valence electrons. The van der Waals surface area contributed by atoms with Gasteiger partial charge in [0, 0.05) is 18.0 Å². The van der Waals surface area contributed by atoms with E-state index in [9.17, 15) is 5.11 Å². The van der Waals surface area contributed by atoms with Crippen LogP contribution in [0.25, 0.3) is 0 Å². The highest BCUT2D eigenvalue weighted by Gasteiger charge is 2.14. The van der Waals surface area contributed by atoms with Gasteiger partial charge < -0.3 is 9.84 Å². The van der Waals surface area contributed by atoms with Gasteiger partial charge in [0.05, 0.1) is 7.11 Å². The van der Waals surface area contributed by atoms with Gasteiger partial charge in [0.2, 0.25) is 0 Å². The van der Waals surface area contributed by atoms with Gasteiger partial charge in [-0.1, -0.05) is 6.07 Å². The van der Waals surface area contributed by atoms with Crippen molar-refractivity contribution in [1.29, 1.82) is 0 Å². The number of ether oxygens (including phenoxy) is 1. The first-order chi connectivity index (χ1) is 8.63. The van der Waals surface area contributed by atoms with Gasteiger partial charge in [-0.05, 0) is 48.7 Å². The Balaban J connectivity index is 2.37. The second kappa shape index (κ2) is 5.19. The standard InChI is InChI=1S/C15H17NO2/c1-10-6-7-16-9-13(10)15(17)12-4-5-14(18-3)11(2)8-12/h4-9,15,17H,1-3H3. The molecule has 0 spiro atoms. The number of pyridine rings is 1. The van der Waals surface area contributed by atoms with Crippen molar-refractivity contribution in [2.75, 3.05) is 7.11 Å². The van der Waals surface area contributed by atoms with Crippen LogP contribution in [0.15, 0.2) is 36.7 Å². The lowest BCUT2D eigenvalue weighted by molar-refractivity contribution is 0.219. The molecule has 1 heterocycles. The van der Waals surface area contributed by atoms with Crippen molar-refractivity contribution < 1.29 is 9.84 Å². The average Bonchev–Trinajstić information content (AvgIpc) is 2.38. The summed E-state index contributed by atoms with van der Waals surface area (Å²) in [7, 11) is 1.64. The summed E-state index contributed by atoms with van der Waals surface area (Å²) in [4.78, 5) is 4.06. The Morgan fingerprint density at radius 3 is 2.56 bits per heavy atom. The monoisotopic (exact) mass is 243 g/mol. The fourth-order valence-electron chi connectivity index (χ4n) is 2.01. The number of nitrogens with zero attached hydrogens (tertiary/aromatic N) is 1. The van der Waals surface area contributed by atoms with Crippen LogP contribution in [0.5, 0.6) is 5.75 Å². The fraction of sp³-hybridized carbons (Fsp3) is 0.267. The molecular formula is C15H17NO2. The van der Waals surface area contributed by atoms with Crippen molar-refractivity contribution in [2.24, 2.45) is 0 Å². The first-order valence-electron chi connectivity index (χ1n) is 5.86. The van der Waals surface area contributed by atoms with Gasteiger partial charge in [0.15, 0.2) is 0 Å². The smallest absolute Gasteiger partial charge is 0.121 e. The molecule has 0 aliphatic carbocycles. The number of rotatable bonds is 3. The molecule has 0 aliphatic heterocycles. The van der Waals surface area contributed by atoms with Crippen LogP contribution in [-0.4, -0.2) is 17.2 Å². The number of aromatic nitrogens is 1. The molecule has 2 rings (SSSR count). The lowest BCUT2D eigenvalue weighted by atomic mass is 9.98. The molecule has 1 aromatic carbocycles. The molecule has 1 N–H and O–H groups in total. The molecule has 1 unspecified atom stereocenters. The van der Waals surface area contributed by atoms with Crippen molar-refractivity contribution >= 4 is 0 Å². The number of benzene rings is 1. The van der Waals surface area contributed by atoms with E-state index in [1.54, 1.807) is 19.5 Å². The Morgan fingerprint density at radius 1 is 1.17 bits per heavy atom. The van der Waals surface area contributed by atoms with Crippen LogP contribution >= 0.6 is 0 Å². The van der Waals surface area contributed by atoms with Crippen LogP contribution in [-0.2, 0) is 0 Å². The first-order valence-corrected chi connectivity index (χ1v) is 5.86. The highest BCUT2D eigenvalue weighted by molar-refractivity contribution is 5.40. The summed E-state index contributed by atoms with van der Waals surface area (Å²) in [6.45, 7) is 3.93. The molecule has 3 nitrogen and oxygen atoms in total. The second-order valence-corrected chi connectivity index (χ2v) is 4.36. The maximum Gasteiger partial charge on any atom is 0.121 e. The van der Waals surface area contributed by atoms with Crippen molar-refractivity contribution in [3.63, 3.8) is 0 Å². The Bertz CT molecular complexity index is 552. The van der Waals surface area contributed by atoms with E-state index in [0.29, 0.717) is 0 Å². The molecule has 1 aromatic heterocycles. The number of methoxy groups -OCH3 is 1. The van der Waals surface area contributed by atoms with Gasteiger partial charge in [-0.15, -0.1) is 0 Å². The fourth-order valence-corrected chi connectivity index (χ4v) is 2.01. The van der Waals surface area contributed by atoms with E-state index in [4.69, 9.17) is 4.74 Å². The van der Waals surface area contributed by atoms with E-state index in [1.165, 1.54) is 0 Å². The number of hydrogen-bond donors (Lipinski definition) is 1. The third-order valence-corrected chi connectivity index (χ3v) is 3.11. The highest BCUT2D eigenvalue weighted by atomic mass is 16.5. The summed E-state index contributed by atoms with van der Waals surface area (Å²) in [6, 6.07) is 7.59. The maximum atomic E-state index is 10.4. The van der Waals surface area contributed by atoms with E-state index in [-0.39, 0.29) is 0 Å².